The third-order valence-corrected chi connectivity index (χ3v) is 3.81. The summed E-state index contributed by atoms with van der Waals surface area (Å²) < 4.78 is 5.77. The fourth-order valence-corrected chi connectivity index (χ4v) is 2.19. The minimum absolute atomic E-state index is 0. The highest BCUT2D eigenvalue weighted by molar-refractivity contribution is 5.87. The van der Waals surface area contributed by atoms with Crippen LogP contribution in [0.5, 0.6) is 11.5 Å². The number of hydrogen-bond acceptors (Lipinski definition) is 4. The molecule has 2 aromatic rings. The highest BCUT2D eigenvalue weighted by Gasteiger charge is 2.17. The average Bonchev–Trinajstić information content (AvgIpc) is 2.64. The molecule has 2 aromatic carbocycles. The zero-order valence-electron chi connectivity index (χ0n) is 15.5. The first-order chi connectivity index (χ1) is 12.5. The van der Waals surface area contributed by atoms with Crippen molar-refractivity contribution < 1.29 is 14.3 Å². The smallest absolute Gasteiger partial charge is 0.239 e. The monoisotopic (exact) mass is 391 g/mol. The van der Waals surface area contributed by atoms with Gasteiger partial charge in [-0.05, 0) is 35.7 Å². The van der Waals surface area contributed by atoms with Gasteiger partial charge in [-0.1, -0.05) is 44.2 Å². The molecular formula is C20H26ClN3O3. The van der Waals surface area contributed by atoms with Crippen molar-refractivity contribution in [2.75, 3.05) is 6.54 Å². The van der Waals surface area contributed by atoms with Crippen LogP contribution in [0, 0.1) is 5.92 Å². The Hall–Kier alpha value is -2.57. The van der Waals surface area contributed by atoms with Gasteiger partial charge in [0.1, 0.15) is 11.5 Å². The molecule has 0 saturated carbocycles. The van der Waals surface area contributed by atoms with E-state index >= 15 is 0 Å². The summed E-state index contributed by atoms with van der Waals surface area (Å²) in [7, 11) is 0. The second kappa shape index (κ2) is 11.2. The maximum Gasteiger partial charge on any atom is 0.239 e. The number of para-hydroxylation sites is 1. The van der Waals surface area contributed by atoms with Gasteiger partial charge in [0, 0.05) is 6.54 Å². The molecule has 6 nitrogen and oxygen atoms in total. The number of ether oxygens (including phenoxy) is 1. The Morgan fingerprint density at radius 2 is 1.67 bits per heavy atom. The van der Waals surface area contributed by atoms with Crippen LogP contribution in [0.25, 0.3) is 0 Å². The molecule has 0 aromatic heterocycles. The number of carbonyl (C=O) groups excluding carboxylic acids is 2. The molecule has 27 heavy (non-hydrogen) atoms. The Kier molecular flexibility index (Phi) is 9.33. The van der Waals surface area contributed by atoms with Gasteiger partial charge < -0.3 is 21.1 Å². The summed E-state index contributed by atoms with van der Waals surface area (Å²) in [5.74, 6) is 0.861. The lowest BCUT2D eigenvalue weighted by atomic mass is 10.1. The van der Waals surface area contributed by atoms with Crippen molar-refractivity contribution in [2.45, 2.75) is 26.4 Å². The molecule has 1 atom stereocenters. The van der Waals surface area contributed by atoms with E-state index in [0.717, 1.165) is 11.3 Å². The molecule has 0 bridgehead atoms. The van der Waals surface area contributed by atoms with Crippen molar-refractivity contribution in [3.8, 4) is 11.5 Å². The fraction of sp³-hybridized carbons (Fsp3) is 0.300. The molecule has 0 heterocycles. The number of benzene rings is 2. The van der Waals surface area contributed by atoms with Crippen LogP contribution in [0.4, 0.5) is 0 Å². The van der Waals surface area contributed by atoms with Crippen LogP contribution in [0.15, 0.2) is 54.6 Å². The molecule has 0 radical (unpaired) electrons. The summed E-state index contributed by atoms with van der Waals surface area (Å²) in [5, 5.41) is 5.31. The van der Waals surface area contributed by atoms with Crippen LogP contribution >= 0.6 is 12.4 Å². The number of carbonyl (C=O) groups is 2. The molecule has 0 spiro atoms. The molecule has 146 valence electrons. The van der Waals surface area contributed by atoms with Gasteiger partial charge in [0.15, 0.2) is 0 Å². The van der Waals surface area contributed by atoms with Crippen molar-refractivity contribution in [3.05, 3.63) is 60.2 Å². The number of nitrogens with one attached hydrogen (secondary N) is 2. The van der Waals surface area contributed by atoms with Crippen LogP contribution in [0.2, 0.25) is 0 Å². The van der Waals surface area contributed by atoms with E-state index in [1.165, 1.54) is 0 Å². The van der Waals surface area contributed by atoms with Crippen LogP contribution < -0.4 is 21.1 Å². The van der Waals surface area contributed by atoms with E-state index in [9.17, 15) is 9.59 Å². The number of hydrogen-bond donors (Lipinski definition) is 3. The number of amides is 2. The Labute approximate surface area is 165 Å². The lowest BCUT2D eigenvalue weighted by Crippen LogP contribution is -2.47. The third kappa shape index (κ3) is 7.68. The molecule has 0 aliphatic rings. The summed E-state index contributed by atoms with van der Waals surface area (Å²) in [4.78, 5) is 23.6. The van der Waals surface area contributed by atoms with E-state index in [1.807, 2.05) is 68.4 Å². The van der Waals surface area contributed by atoms with Crippen LogP contribution in [-0.2, 0) is 16.1 Å². The Bertz CT molecular complexity index is 738. The van der Waals surface area contributed by atoms with Gasteiger partial charge >= 0.3 is 0 Å². The minimum Gasteiger partial charge on any atom is -0.457 e. The van der Waals surface area contributed by atoms with Crippen LogP contribution in [-0.4, -0.2) is 24.4 Å². The largest absolute Gasteiger partial charge is 0.457 e. The highest BCUT2D eigenvalue weighted by atomic mass is 35.5. The van der Waals surface area contributed by atoms with Crippen LogP contribution in [0.1, 0.15) is 19.4 Å². The Morgan fingerprint density at radius 1 is 1.00 bits per heavy atom. The van der Waals surface area contributed by atoms with Gasteiger partial charge in [-0.3, -0.25) is 9.59 Å². The molecule has 0 saturated heterocycles. The van der Waals surface area contributed by atoms with Gasteiger partial charge in [0.25, 0.3) is 0 Å². The quantitative estimate of drug-likeness (QED) is 0.644. The second-order valence-electron chi connectivity index (χ2n) is 6.33. The zero-order chi connectivity index (χ0) is 18.9. The van der Waals surface area contributed by atoms with Crippen molar-refractivity contribution in [1.29, 1.82) is 0 Å². The third-order valence-electron chi connectivity index (χ3n) is 3.81. The molecule has 2 rings (SSSR count). The number of rotatable bonds is 8. The minimum atomic E-state index is -0.616. The summed E-state index contributed by atoms with van der Waals surface area (Å²) >= 11 is 0. The van der Waals surface area contributed by atoms with Crippen molar-refractivity contribution in [3.63, 3.8) is 0 Å². The molecule has 4 N–H and O–H groups in total. The lowest BCUT2D eigenvalue weighted by molar-refractivity contribution is -0.127. The first-order valence-electron chi connectivity index (χ1n) is 8.57. The van der Waals surface area contributed by atoms with Crippen molar-refractivity contribution in [2.24, 2.45) is 11.7 Å². The lowest BCUT2D eigenvalue weighted by Gasteiger charge is -2.15. The van der Waals surface area contributed by atoms with Gasteiger partial charge in [0.05, 0.1) is 12.6 Å². The summed E-state index contributed by atoms with van der Waals surface area (Å²) in [5.41, 5.74) is 6.63. The second-order valence-corrected chi connectivity index (χ2v) is 6.33. The fourth-order valence-electron chi connectivity index (χ4n) is 2.19. The van der Waals surface area contributed by atoms with E-state index in [-0.39, 0.29) is 36.7 Å². The van der Waals surface area contributed by atoms with Gasteiger partial charge in [-0.15, -0.1) is 12.4 Å². The average molecular weight is 392 g/mol. The maximum atomic E-state index is 11.9. The topological polar surface area (TPSA) is 93.5 Å². The zero-order valence-corrected chi connectivity index (χ0v) is 16.3. The normalized spacial score (nSPS) is 11.3. The maximum absolute atomic E-state index is 11.9. The molecule has 0 aliphatic carbocycles. The summed E-state index contributed by atoms with van der Waals surface area (Å²) in [6.07, 6.45) is 0. The Morgan fingerprint density at radius 3 is 2.33 bits per heavy atom. The first-order valence-corrected chi connectivity index (χ1v) is 8.57. The molecule has 2 amide bonds. The predicted molar refractivity (Wildman–Crippen MR) is 108 cm³/mol. The van der Waals surface area contributed by atoms with E-state index < -0.39 is 6.04 Å². The molecule has 0 fully saturated rings. The van der Waals surface area contributed by atoms with Gasteiger partial charge in [-0.2, -0.15) is 0 Å². The van der Waals surface area contributed by atoms with E-state index in [1.54, 1.807) is 0 Å². The molecule has 0 aliphatic heterocycles. The number of nitrogens with two attached hydrogens (primary N) is 1. The standard InChI is InChI=1S/C20H25N3O3.ClH/c1-14(2)19(21)20(25)23-13-18(24)22-12-15-7-6-10-17(11-15)26-16-8-4-3-5-9-16;/h3-11,14,19H,12-13,21H2,1-2H3,(H,22,24)(H,23,25);1H/t19-;/m0./s1. The van der Waals surface area contributed by atoms with E-state index in [0.29, 0.717) is 12.3 Å². The van der Waals surface area contributed by atoms with E-state index in [2.05, 4.69) is 10.6 Å². The van der Waals surface area contributed by atoms with Crippen molar-refractivity contribution in [1.82, 2.24) is 10.6 Å². The van der Waals surface area contributed by atoms with Gasteiger partial charge in [0.2, 0.25) is 11.8 Å². The summed E-state index contributed by atoms with van der Waals surface area (Å²) in [6, 6.07) is 16.3. The predicted octanol–water partition coefficient (Wildman–Crippen LogP) is 2.62. The Balaban J connectivity index is 0.00000364. The van der Waals surface area contributed by atoms with Crippen LogP contribution in [0.3, 0.4) is 0 Å². The van der Waals surface area contributed by atoms with Crippen molar-refractivity contribution >= 4 is 24.2 Å². The SMILES string of the molecule is CC(C)[C@H](N)C(=O)NCC(=O)NCc1cccc(Oc2ccccc2)c1.Cl. The molecule has 7 heteroatoms. The summed E-state index contributed by atoms with van der Waals surface area (Å²) in [6.45, 7) is 3.96. The van der Waals surface area contributed by atoms with E-state index in [4.69, 9.17) is 10.5 Å². The molecular weight excluding hydrogens is 366 g/mol. The highest BCUT2D eigenvalue weighted by Crippen LogP contribution is 2.21. The van der Waals surface area contributed by atoms with Gasteiger partial charge in [-0.25, -0.2) is 0 Å². The molecule has 0 unspecified atom stereocenters. The first kappa shape index (κ1) is 22.5. The number of halogens is 1.